The number of fused-ring (bicyclic) bond motifs is 1. The molecule has 106 valence electrons. The Morgan fingerprint density at radius 2 is 2.25 bits per heavy atom. The lowest BCUT2D eigenvalue weighted by Gasteiger charge is -2.33. The molecule has 3 rings (SSSR count). The molecular weight excluding hydrogens is 254 g/mol. The molecule has 1 N–H and O–H groups in total. The Kier molecular flexibility index (Phi) is 3.12. The molecule has 1 fully saturated rings. The highest BCUT2D eigenvalue weighted by molar-refractivity contribution is 5.86. The molecule has 1 aliphatic rings. The third-order valence-corrected chi connectivity index (χ3v) is 3.96. The first-order valence-corrected chi connectivity index (χ1v) is 7.02. The number of nitrogens with zero attached hydrogens (tertiary/aromatic N) is 3. The third kappa shape index (κ3) is 2.24. The number of piperidine rings is 1. The number of aromatic carboxylic acids is 1. The van der Waals surface area contributed by atoms with E-state index in [0.717, 1.165) is 30.0 Å². The molecule has 0 aromatic carbocycles. The Balaban J connectivity index is 2.02. The number of imidazole rings is 1. The van der Waals surface area contributed by atoms with Gasteiger partial charge in [-0.1, -0.05) is 6.92 Å². The maximum Gasteiger partial charge on any atom is 0.356 e. The number of aryl methyl sites for hydroxylation is 1. The fourth-order valence-corrected chi connectivity index (χ4v) is 2.95. The van der Waals surface area contributed by atoms with E-state index in [2.05, 4.69) is 22.9 Å². The molecule has 1 atom stereocenters. The largest absolute Gasteiger partial charge is 0.476 e. The first kappa shape index (κ1) is 13.0. The minimum Gasteiger partial charge on any atom is -0.476 e. The van der Waals surface area contributed by atoms with Crippen molar-refractivity contribution in [2.45, 2.75) is 26.7 Å². The summed E-state index contributed by atoms with van der Waals surface area (Å²) in [4.78, 5) is 17.6. The summed E-state index contributed by atoms with van der Waals surface area (Å²) in [6, 6.07) is 2.10. The molecule has 1 aliphatic heterocycles. The molecule has 0 amide bonds. The molecule has 1 unspecified atom stereocenters. The van der Waals surface area contributed by atoms with Crippen molar-refractivity contribution in [2.24, 2.45) is 5.92 Å². The second kappa shape index (κ2) is 4.81. The number of hydrogen-bond donors (Lipinski definition) is 1. The summed E-state index contributed by atoms with van der Waals surface area (Å²) in [7, 11) is 0. The van der Waals surface area contributed by atoms with E-state index in [-0.39, 0.29) is 5.69 Å². The lowest BCUT2D eigenvalue weighted by molar-refractivity contribution is 0.0691. The fraction of sp³-hybridized carbons (Fsp3) is 0.467. The van der Waals surface area contributed by atoms with Crippen molar-refractivity contribution in [3.05, 3.63) is 29.7 Å². The summed E-state index contributed by atoms with van der Waals surface area (Å²) >= 11 is 0. The van der Waals surface area contributed by atoms with Gasteiger partial charge in [0, 0.05) is 25.5 Å². The smallest absolute Gasteiger partial charge is 0.356 e. The van der Waals surface area contributed by atoms with Gasteiger partial charge in [0.05, 0.1) is 5.69 Å². The fourth-order valence-electron chi connectivity index (χ4n) is 2.95. The molecule has 0 saturated carbocycles. The van der Waals surface area contributed by atoms with Crippen LogP contribution in [0.25, 0.3) is 5.65 Å². The molecule has 0 radical (unpaired) electrons. The van der Waals surface area contributed by atoms with E-state index in [9.17, 15) is 4.79 Å². The van der Waals surface area contributed by atoms with E-state index in [1.54, 1.807) is 6.20 Å². The van der Waals surface area contributed by atoms with Gasteiger partial charge in [-0.25, -0.2) is 9.78 Å². The summed E-state index contributed by atoms with van der Waals surface area (Å²) in [5, 5.41) is 9.04. The second-order valence-corrected chi connectivity index (χ2v) is 5.74. The Bertz CT molecular complexity index is 662. The van der Waals surface area contributed by atoms with Gasteiger partial charge in [-0.2, -0.15) is 0 Å². The van der Waals surface area contributed by atoms with Gasteiger partial charge in [-0.3, -0.25) is 0 Å². The van der Waals surface area contributed by atoms with Gasteiger partial charge >= 0.3 is 5.97 Å². The third-order valence-electron chi connectivity index (χ3n) is 3.96. The van der Waals surface area contributed by atoms with Crippen LogP contribution in [0.4, 0.5) is 5.69 Å². The zero-order chi connectivity index (χ0) is 14.3. The Morgan fingerprint density at radius 1 is 1.45 bits per heavy atom. The van der Waals surface area contributed by atoms with Gasteiger partial charge < -0.3 is 14.4 Å². The lowest BCUT2D eigenvalue weighted by atomic mass is 10.00. The zero-order valence-corrected chi connectivity index (χ0v) is 11.8. The summed E-state index contributed by atoms with van der Waals surface area (Å²) in [5.41, 5.74) is 2.97. The first-order valence-electron chi connectivity index (χ1n) is 7.02. The number of carbonyl (C=O) groups is 1. The van der Waals surface area contributed by atoms with Crippen molar-refractivity contribution in [1.82, 2.24) is 9.38 Å². The highest BCUT2D eigenvalue weighted by atomic mass is 16.4. The average Bonchev–Trinajstić information content (AvgIpc) is 2.83. The van der Waals surface area contributed by atoms with Crippen molar-refractivity contribution in [2.75, 3.05) is 18.0 Å². The predicted molar refractivity (Wildman–Crippen MR) is 77.5 cm³/mol. The molecule has 1 saturated heterocycles. The molecule has 0 aliphatic carbocycles. The van der Waals surface area contributed by atoms with Gasteiger partial charge in [0.1, 0.15) is 5.65 Å². The monoisotopic (exact) mass is 273 g/mol. The maximum atomic E-state index is 11.0. The normalized spacial score (nSPS) is 19.5. The van der Waals surface area contributed by atoms with Crippen LogP contribution in [0.1, 0.15) is 35.8 Å². The number of anilines is 1. The number of carboxylic acids is 1. The number of carboxylic acid groups (broad SMARTS) is 1. The van der Waals surface area contributed by atoms with Gasteiger partial charge in [-0.05, 0) is 37.3 Å². The average molecular weight is 273 g/mol. The number of hydrogen-bond acceptors (Lipinski definition) is 3. The van der Waals surface area contributed by atoms with Gasteiger partial charge in [0.15, 0.2) is 5.69 Å². The van der Waals surface area contributed by atoms with Crippen LogP contribution in [0.5, 0.6) is 0 Å². The van der Waals surface area contributed by atoms with Crippen molar-refractivity contribution < 1.29 is 9.90 Å². The highest BCUT2D eigenvalue weighted by Gasteiger charge is 2.18. The molecule has 5 nitrogen and oxygen atoms in total. The summed E-state index contributed by atoms with van der Waals surface area (Å²) in [6.07, 6.45) is 6.07. The maximum absolute atomic E-state index is 11.0. The van der Waals surface area contributed by atoms with Crippen LogP contribution in [0.3, 0.4) is 0 Å². The Morgan fingerprint density at radius 3 is 2.95 bits per heavy atom. The van der Waals surface area contributed by atoms with E-state index in [1.807, 2.05) is 17.5 Å². The first-order chi connectivity index (χ1) is 9.54. The summed E-state index contributed by atoms with van der Waals surface area (Å²) in [5.74, 6) is -0.279. The molecule has 0 spiro atoms. The number of pyridine rings is 1. The van der Waals surface area contributed by atoms with Gasteiger partial charge in [-0.15, -0.1) is 0 Å². The lowest BCUT2D eigenvalue weighted by Crippen LogP contribution is -2.34. The van der Waals surface area contributed by atoms with E-state index >= 15 is 0 Å². The second-order valence-electron chi connectivity index (χ2n) is 5.74. The van der Waals surface area contributed by atoms with Crippen molar-refractivity contribution in [3.8, 4) is 0 Å². The van der Waals surface area contributed by atoms with Crippen LogP contribution in [0.2, 0.25) is 0 Å². The van der Waals surface area contributed by atoms with Crippen molar-refractivity contribution >= 4 is 17.3 Å². The summed E-state index contributed by atoms with van der Waals surface area (Å²) < 4.78 is 1.83. The predicted octanol–water partition coefficient (Wildman–Crippen LogP) is 2.58. The molecule has 3 heterocycles. The Hall–Kier alpha value is -2.04. The number of aromatic nitrogens is 2. The van der Waals surface area contributed by atoms with Crippen LogP contribution >= 0.6 is 0 Å². The van der Waals surface area contributed by atoms with Crippen LogP contribution < -0.4 is 4.90 Å². The highest BCUT2D eigenvalue weighted by Crippen LogP contribution is 2.25. The van der Waals surface area contributed by atoms with E-state index in [0.29, 0.717) is 5.92 Å². The van der Waals surface area contributed by atoms with E-state index in [1.165, 1.54) is 12.8 Å². The van der Waals surface area contributed by atoms with Gasteiger partial charge in [0.2, 0.25) is 0 Å². The quantitative estimate of drug-likeness (QED) is 0.913. The minimum absolute atomic E-state index is 0.0947. The van der Waals surface area contributed by atoms with Crippen LogP contribution in [0.15, 0.2) is 18.5 Å². The topological polar surface area (TPSA) is 57.8 Å². The SMILES string of the molecule is Cc1cc(N2CCCC(C)C2)cn2cc(C(=O)O)nc12. The van der Waals surface area contributed by atoms with Crippen LogP contribution in [0, 0.1) is 12.8 Å². The van der Waals surface area contributed by atoms with E-state index < -0.39 is 5.97 Å². The zero-order valence-electron chi connectivity index (χ0n) is 11.8. The van der Waals surface area contributed by atoms with E-state index in [4.69, 9.17) is 5.11 Å². The molecule has 5 heteroatoms. The Labute approximate surface area is 117 Å². The van der Waals surface area contributed by atoms with Crippen molar-refractivity contribution in [3.63, 3.8) is 0 Å². The van der Waals surface area contributed by atoms with Crippen molar-refractivity contribution in [1.29, 1.82) is 0 Å². The van der Waals surface area contributed by atoms with Crippen LogP contribution in [-0.4, -0.2) is 33.6 Å². The summed E-state index contributed by atoms with van der Waals surface area (Å²) in [6.45, 7) is 6.38. The molecular formula is C15H19N3O2. The standard InChI is InChI=1S/C15H19N3O2/c1-10-4-3-5-17(7-10)12-6-11(2)14-16-13(15(19)20)9-18(14)8-12/h6,8-10H,3-5,7H2,1-2H3,(H,19,20). The van der Waals surface area contributed by atoms with Crippen LogP contribution in [-0.2, 0) is 0 Å². The number of rotatable bonds is 2. The minimum atomic E-state index is -0.985. The molecule has 0 bridgehead atoms. The molecule has 20 heavy (non-hydrogen) atoms. The molecule has 2 aromatic rings. The molecule has 2 aromatic heterocycles. The van der Waals surface area contributed by atoms with Gasteiger partial charge in [0.25, 0.3) is 0 Å².